The highest BCUT2D eigenvalue weighted by molar-refractivity contribution is 9.10. The van der Waals surface area contributed by atoms with Gasteiger partial charge in [-0.25, -0.2) is 9.69 Å². The number of amides is 2. The molecule has 0 saturated carbocycles. The smallest absolute Gasteiger partial charge is 0.343 e. The predicted octanol–water partition coefficient (Wildman–Crippen LogP) is 4.90. The van der Waals surface area contributed by atoms with E-state index in [-0.39, 0.29) is 27.5 Å². The third-order valence-electron chi connectivity index (χ3n) is 3.69. The Morgan fingerprint density at radius 2 is 1.96 bits per heavy atom. The first-order valence-corrected chi connectivity index (χ1v) is 9.91. The quantitative estimate of drug-likeness (QED) is 0.446. The van der Waals surface area contributed by atoms with Gasteiger partial charge in [-0.15, -0.1) is 0 Å². The van der Waals surface area contributed by atoms with Crippen LogP contribution in [-0.4, -0.2) is 30.8 Å². The topological polar surface area (TPSA) is 72.9 Å². The standard InChI is InChI=1S/C19H13BrClNO5S/c1-26-16(23)10-27-17-13(20)7-11(8-14(17)21)9-15-18(24)22(19(25)28-15)12-5-3-2-4-6-12/h2-9H,10H2,1H3. The second-order valence-electron chi connectivity index (χ2n) is 5.53. The summed E-state index contributed by atoms with van der Waals surface area (Å²) in [5, 5.41) is -0.127. The first-order chi connectivity index (χ1) is 13.4. The molecule has 9 heteroatoms. The molecule has 0 N–H and O–H groups in total. The number of halogens is 2. The Balaban J connectivity index is 1.85. The molecule has 1 aliphatic heterocycles. The number of nitrogens with zero attached hydrogens (tertiary/aromatic N) is 1. The number of carbonyl (C=O) groups is 3. The third-order valence-corrected chi connectivity index (χ3v) is 5.43. The molecule has 1 saturated heterocycles. The molecule has 2 amide bonds. The predicted molar refractivity (Wildman–Crippen MR) is 112 cm³/mol. The van der Waals surface area contributed by atoms with E-state index < -0.39 is 11.9 Å². The molecule has 0 aliphatic carbocycles. The second-order valence-corrected chi connectivity index (χ2v) is 7.79. The molecule has 1 aliphatic rings. The Morgan fingerprint density at radius 1 is 1.25 bits per heavy atom. The number of hydrogen-bond acceptors (Lipinski definition) is 6. The van der Waals surface area contributed by atoms with Crippen LogP contribution in [0.1, 0.15) is 5.56 Å². The molecule has 144 valence electrons. The van der Waals surface area contributed by atoms with E-state index in [2.05, 4.69) is 20.7 Å². The van der Waals surface area contributed by atoms with Gasteiger partial charge in [-0.05, 0) is 63.6 Å². The van der Waals surface area contributed by atoms with E-state index in [0.717, 1.165) is 16.7 Å². The molecule has 1 heterocycles. The minimum absolute atomic E-state index is 0.242. The fourth-order valence-electron chi connectivity index (χ4n) is 2.41. The van der Waals surface area contributed by atoms with E-state index in [0.29, 0.717) is 15.7 Å². The maximum atomic E-state index is 12.7. The molecule has 0 atom stereocenters. The Hall–Kier alpha value is -2.29. The van der Waals surface area contributed by atoms with E-state index in [9.17, 15) is 14.4 Å². The van der Waals surface area contributed by atoms with Gasteiger partial charge in [0.05, 0.1) is 27.2 Å². The Kier molecular flexibility index (Phi) is 6.43. The van der Waals surface area contributed by atoms with Crippen molar-refractivity contribution in [2.45, 2.75) is 0 Å². The summed E-state index contributed by atoms with van der Waals surface area (Å²) in [6, 6.07) is 12.0. The van der Waals surface area contributed by atoms with Crippen LogP contribution in [0.3, 0.4) is 0 Å². The zero-order valence-corrected chi connectivity index (χ0v) is 17.6. The van der Waals surface area contributed by atoms with E-state index in [4.69, 9.17) is 16.3 Å². The van der Waals surface area contributed by atoms with Crippen LogP contribution in [0.25, 0.3) is 6.08 Å². The number of para-hydroxylation sites is 1. The van der Waals surface area contributed by atoms with Crippen LogP contribution in [0.2, 0.25) is 5.02 Å². The van der Waals surface area contributed by atoms with Gasteiger partial charge in [-0.2, -0.15) is 0 Å². The Bertz CT molecular complexity index is 957. The number of carbonyl (C=O) groups excluding carboxylic acids is 3. The molecule has 0 spiro atoms. The second kappa shape index (κ2) is 8.81. The summed E-state index contributed by atoms with van der Waals surface area (Å²) in [6.45, 7) is -0.288. The summed E-state index contributed by atoms with van der Waals surface area (Å²) < 4.78 is 10.4. The number of benzene rings is 2. The zero-order chi connectivity index (χ0) is 20.3. The molecule has 3 rings (SSSR count). The van der Waals surface area contributed by atoms with Crippen LogP contribution in [0.15, 0.2) is 51.8 Å². The van der Waals surface area contributed by atoms with Crippen molar-refractivity contribution in [3.05, 3.63) is 62.4 Å². The average molecular weight is 483 g/mol. The summed E-state index contributed by atoms with van der Waals surface area (Å²) in [5.41, 5.74) is 1.11. The largest absolute Gasteiger partial charge is 0.479 e. The van der Waals surface area contributed by atoms with Gasteiger partial charge in [-0.3, -0.25) is 9.59 Å². The van der Waals surface area contributed by atoms with Gasteiger partial charge in [-0.1, -0.05) is 29.8 Å². The summed E-state index contributed by atoms with van der Waals surface area (Å²) in [7, 11) is 1.26. The van der Waals surface area contributed by atoms with Crippen molar-refractivity contribution in [2.75, 3.05) is 18.6 Å². The van der Waals surface area contributed by atoms with Crippen LogP contribution >= 0.6 is 39.3 Å². The Labute approximate surface area is 178 Å². The number of hydrogen-bond donors (Lipinski definition) is 0. The Morgan fingerprint density at radius 3 is 2.61 bits per heavy atom. The molecular weight excluding hydrogens is 470 g/mol. The maximum absolute atomic E-state index is 12.7. The number of esters is 1. The number of thioether (sulfide) groups is 1. The number of imide groups is 1. The lowest BCUT2D eigenvalue weighted by Gasteiger charge is -2.12. The van der Waals surface area contributed by atoms with Gasteiger partial charge in [0.1, 0.15) is 0 Å². The molecule has 0 aromatic heterocycles. The zero-order valence-electron chi connectivity index (χ0n) is 14.5. The summed E-state index contributed by atoms with van der Waals surface area (Å²) in [5.74, 6) is -0.664. The fourth-order valence-corrected chi connectivity index (χ4v) is 4.24. The monoisotopic (exact) mass is 481 g/mol. The van der Waals surface area contributed by atoms with E-state index in [1.165, 1.54) is 7.11 Å². The molecule has 0 bridgehead atoms. The van der Waals surface area contributed by atoms with Crippen LogP contribution < -0.4 is 9.64 Å². The minimum Gasteiger partial charge on any atom is -0.479 e. The average Bonchev–Trinajstić information content (AvgIpc) is 2.94. The van der Waals surface area contributed by atoms with Crippen LogP contribution in [-0.2, 0) is 14.3 Å². The lowest BCUT2D eigenvalue weighted by atomic mass is 10.2. The van der Waals surface area contributed by atoms with Crippen LogP contribution in [0, 0.1) is 0 Å². The lowest BCUT2D eigenvalue weighted by molar-refractivity contribution is -0.142. The third kappa shape index (κ3) is 4.40. The lowest BCUT2D eigenvalue weighted by Crippen LogP contribution is -2.27. The molecule has 2 aromatic carbocycles. The van der Waals surface area contributed by atoms with Crippen molar-refractivity contribution in [3.8, 4) is 5.75 Å². The molecular formula is C19H13BrClNO5S. The van der Waals surface area contributed by atoms with Crippen LogP contribution in [0.5, 0.6) is 5.75 Å². The maximum Gasteiger partial charge on any atom is 0.343 e. The SMILES string of the molecule is COC(=O)COc1c(Cl)cc(C=C2SC(=O)N(c3ccccc3)C2=O)cc1Br. The number of rotatable bonds is 5. The van der Waals surface area contributed by atoms with Gasteiger partial charge in [0.15, 0.2) is 12.4 Å². The molecule has 6 nitrogen and oxygen atoms in total. The van der Waals surface area contributed by atoms with Gasteiger partial charge in [0.2, 0.25) is 0 Å². The summed E-state index contributed by atoms with van der Waals surface area (Å²) in [4.78, 5) is 37.6. The highest BCUT2D eigenvalue weighted by Gasteiger charge is 2.36. The van der Waals surface area contributed by atoms with Crippen LogP contribution in [0.4, 0.5) is 10.5 Å². The highest BCUT2D eigenvalue weighted by atomic mass is 79.9. The summed E-state index contributed by atoms with van der Waals surface area (Å²) >= 11 is 10.4. The fraction of sp³-hybridized carbons (Fsp3) is 0.105. The first-order valence-electron chi connectivity index (χ1n) is 7.92. The van der Waals surface area contributed by atoms with Crippen molar-refractivity contribution in [3.63, 3.8) is 0 Å². The van der Waals surface area contributed by atoms with Crippen molar-refractivity contribution in [2.24, 2.45) is 0 Å². The summed E-state index contributed by atoms with van der Waals surface area (Å²) in [6.07, 6.45) is 1.58. The van der Waals surface area contributed by atoms with Gasteiger partial charge in [0, 0.05) is 0 Å². The van der Waals surface area contributed by atoms with E-state index >= 15 is 0 Å². The van der Waals surface area contributed by atoms with Gasteiger partial charge in [0.25, 0.3) is 11.1 Å². The van der Waals surface area contributed by atoms with E-state index in [1.807, 2.05) is 6.07 Å². The van der Waals surface area contributed by atoms with Gasteiger partial charge >= 0.3 is 5.97 Å². The number of methoxy groups -OCH3 is 1. The highest BCUT2D eigenvalue weighted by Crippen LogP contribution is 2.38. The normalized spacial score (nSPS) is 15.2. The molecule has 1 fully saturated rings. The van der Waals surface area contributed by atoms with Crippen molar-refractivity contribution in [1.82, 2.24) is 0 Å². The van der Waals surface area contributed by atoms with Gasteiger partial charge < -0.3 is 9.47 Å². The first kappa shape index (κ1) is 20.4. The molecule has 0 unspecified atom stereocenters. The van der Waals surface area contributed by atoms with Crippen molar-refractivity contribution in [1.29, 1.82) is 0 Å². The molecule has 28 heavy (non-hydrogen) atoms. The minimum atomic E-state index is -0.540. The molecule has 0 radical (unpaired) electrons. The number of anilines is 1. The van der Waals surface area contributed by atoms with E-state index in [1.54, 1.807) is 42.5 Å². The molecule has 2 aromatic rings. The number of ether oxygens (including phenoxy) is 2. The van der Waals surface area contributed by atoms with Crippen molar-refractivity contribution < 1.29 is 23.9 Å². The van der Waals surface area contributed by atoms with Crippen molar-refractivity contribution >= 4 is 68.2 Å².